The summed E-state index contributed by atoms with van der Waals surface area (Å²) in [6, 6.07) is 0. The number of nitrogens with one attached hydrogen (secondary N) is 2. The van der Waals surface area contributed by atoms with Gasteiger partial charge in [0.2, 0.25) is 0 Å². The summed E-state index contributed by atoms with van der Waals surface area (Å²) in [7, 11) is 0. The van der Waals surface area contributed by atoms with Crippen LogP contribution in [0.25, 0.3) is 0 Å². The van der Waals surface area contributed by atoms with E-state index in [-0.39, 0.29) is 0 Å². The Morgan fingerprint density at radius 1 is 1.36 bits per heavy atom. The van der Waals surface area contributed by atoms with Gasteiger partial charge in [-0.15, -0.1) is 0 Å². The number of nitrogens with two attached hydrogens (primary N) is 1. The molecule has 0 atom stereocenters. The Labute approximate surface area is 65.3 Å². The number of unbranched alkanes of at least 4 members (excludes halogenated alkanes) is 1. The summed E-state index contributed by atoms with van der Waals surface area (Å²) >= 11 is 0. The van der Waals surface area contributed by atoms with Crippen molar-refractivity contribution in [3.8, 4) is 0 Å². The zero-order valence-corrected chi connectivity index (χ0v) is 6.52. The predicted octanol–water partition coefficient (Wildman–Crippen LogP) is -1.11. The second kappa shape index (κ2) is 5.67. The third kappa shape index (κ3) is 4.32. The Kier molecular flexibility index (Phi) is 5.10. The Morgan fingerprint density at radius 3 is 2.45 bits per heavy atom. The molecule has 0 spiro atoms. The van der Waals surface area contributed by atoms with Crippen molar-refractivity contribution < 1.29 is 9.59 Å². The van der Waals surface area contributed by atoms with E-state index in [1.165, 1.54) is 0 Å². The van der Waals surface area contributed by atoms with Crippen LogP contribution in [0.5, 0.6) is 0 Å². The summed E-state index contributed by atoms with van der Waals surface area (Å²) in [5.74, 6) is 3.23. The SMILES string of the molecule is CCCCNC(=O)C(=O)NN. The van der Waals surface area contributed by atoms with Crippen LogP contribution in [0.3, 0.4) is 0 Å². The van der Waals surface area contributed by atoms with Crippen molar-refractivity contribution in [2.24, 2.45) is 5.84 Å². The highest BCUT2D eigenvalue weighted by Gasteiger charge is 2.08. The van der Waals surface area contributed by atoms with Gasteiger partial charge in [0, 0.05) is 6.54 Å². The molecule has 4 N–H and O–H groups in total. The van der Waals surface area contributed by atoms with Gasteiger partial charge in [-0.1, -0.05) is 13.3 Å². The number of hydrogen-bond acceptors (Lipinski definition) is 3. The van der Waals surface area contributed by atoms with Crippen LogP contribution in [0, 0.1) is 0 Å². The van der Waals surface area contributed by atoms with Gasteiger partial charge in [0.1, 0.15) is 0 Å². The summed E-state index contributed by atoms with van der Waals surface area (Å²) < 4.78 is 0. The maximum absolute atomic E-state index is 10.6. The molecule has 64 valence electrons. The molecule has 5 nitrogen and oxygen atoms in total. The Morgan fingerprint density at radius 2 is 2.00 bits per heavy atom. The standard InChI is InChI=1S/C6H13N3O2/c1-2-3-4-8-5(10)6(11)9-7/h2-4,7H2,1H3,(H,8,10)(H,9,11). The highest BCUT2D eigenvalue weighted by atomic mass is 16.2. The van der Waals surface area contributed by atoms with Gasteiger partial charge in [0.05, 0.1) is 0 Å². The van der Waals surface area contributed by atoms with Crippen LogP contribution in [-0.4, -0.2) is 18.4 Å². The molecule has 0 fully saturated rings. The number of hydrogen-bond donors (Lipinski definition) is 3. The molecule has 2 amide bonds. The Balaban J connectivity index is 3.44. The minimum absolute atomic E-state index is 0.517. The van der Waals surface area contributed by atoms with Crippen molar-refractivity contribution in [2.75, 3.05) is 6.54 Å². The smallest absolute Gasteiger partial charge is 0.323 e. The molecule has 0 heterocycles. The molecule has 0 aromatic heterocycles. The Bertz CT molecular complexity index is 147. The van der Waals surface area contributed by atoms with E-state index in [0.717, 1.165) is 12.8 Å². The fourth-order valence-electron chi connectivity index (χ4n) is 0.525. The second-order valence-electron chi connectivity index (χ2n) is 2.08. The van der Waals surface area contributed by atoms with Gasteiger partial charge in [-0.3, -0.25) is 15.0 Å². The van der Waals surface area contributed by atoms with Gasteiger partial charge in [-0.25, -0.2) is 5.84 Å². The van der Waals surface area contributed by atoms with Crippen LogP contribution in [-0.2, 0) is 9.59 Å². The second-order valence-corrected chi connectivity index (χ2v) is 2.08. The predicted molar refractivity (Wildman–Crippen MR) is 40.2 cm³/mol. The molecule has 0 radical (unpaired) electrons. The fraction of sp³-hybridized carbons (Fsp3) is 0.667. The summed E-state index contributed by atoms with van der Waals surface area (Å²) in [6.07, 6.45) is 1.84. The van der Waals surface area contributed by atoms with Gasteiger partial charge < -0.3 is 5.32 Å². The molecule has 5 heteroatoms. The molecule has 0 bridgehead atoms. The average Bonchev–Trinajstić information content (AvgIpc) is 2.03. The summed E-state index contributed by atoms with van der Waals surface area (Å²) in [6.45, 7) is 2.51. The van der Waals surface area contributed by atoms with Crippen molar-refractivity contribution in [1.82, 2.24) is 10.7 Å². The third-order valence-electron chi connectivity index (χ3n) is 1.15. The van der Waals surface area contributed by atoms with E-state index in [0.29, 0.717) is 6.54 Å². The van der Waals surface area contributed by atoms with Crippen LogP contribution in [0.2, 0.25) is 0 Å². The first-order valence-electron chi connectivity index (χ1n) is 3.51. The molecule has 0 unspecified atom stereocenters. The molecule has 0 saturated carbocycles. The first-order valence-corrected chi connectivity index (χ1v) is 3.51. The molecule has 0 saturated heterocycles. The van der Waals surface area contributed by atoms with E-state index in [1.54, 1.807) is 5.43 Å². The van der Waals surface area contributed by atoms with Gasteiger partial charge in [-0.05, 0) is 6.42 Å². The van der Waals surface area contributed by atoms with E-state index in [1.807, 2.05) is 6.92 Å². The minimum Gasteiger partial charge on any atom is -0.348 e. The average molecular weight is 159 g/mol. The van der Waals surface area contributed by atoms with Crippen molar-refractivity contribution in [3.05, 3.63) is 0 Å². The van der Waals surface area contributed by atoms with Crippen molar-refractivity contribution >= 4 is 11.8 Å². The first kappa shape index (κ1) is 9.90. The number of rotatable bonds is 3. The molecule has 0 aliphatic carbocycles. The molecule has 11 heavy (non-hydrogen) atoms. The maximum Gasteiger partial charge on any atom is 0.323 e. The maximum atomic E-state index is 10.6. The molecule has 0 aromatic rings. The van der Waals surface area contributed by atoms with Gasteiger partial charge in [0.15, 0.2) is 0 Å². The molecule has 0 aliphatic rings. The van der Waals surface area contributed by atoms with E-state index in [2.05, 4.69) is 5.32 Å². The molecular weight excluding hydrogens is 146 g/mol. The lowest BCUT2D eigenvalue weighted by Crippen LogP contribution is -2.43. The molecular formula is C6H13N3O2. The largest absolute Gasteiger partial charge is 0.348 e. The van der Waals surface area contributed by atoms with Crippen LogP contribution in [0.4, 0.5) is 0 Å². The first-order chi connectivity index (χ1) is 5.22. The molecule has 0 aliphatic heterocycles. The van der Waals surface area contributed by atoms with Crippen molar-refractivity contribution in [1.29, 1.82) is 0 Å². The van der Waals surface area contributed by atoms with Crippen LogP contribution >= 0.6 is 0 Å². The lowest BCUT2D eigenvalue weighted by molar-refractivity contribution is -0.139. The number of hydrazine groups is 1. The van der Waals surface area contributed by atoms with Crippen LogP contribution < -0.4 is 16.6 Å². The summed E-state index contributed by atoms with van der Waals surface area (Å²) in [5, 5.41) is 2.40. The molecule has 0 aromatic carbocycles. The Hall–Kier alpha value is -1.10. The van der Waals surface area contributed by atoms with Gasteiger partial charge in [-0.2, -0.15) is 0 Å². The van der Waals surface area contributed by atoms with Crippen molar-refractivity contribution in [3.63, 3.8) is 0 Å². The normalized spacial score (nSPS) is 8.91. The quantitative estimate of drug-likeness (QED) is 0.160. The zero-order valence-electron chi connectivity index (χ0n) is 6.52. The van der Waals surface area contributed by atoms with E-state index in [9.17, 15) is 9.59 Å². The lowest BCUT2D eigenvalue weighted by Gasteiger charge is -2.00. The van der Waals surface area contributed by atoms with Crippen molar-refractivity contribution in [2.45, 2.75) is 19.8 Å². The van der Waals surface area contributed by atoms with Crippen LogP contribution in [0.15, 0.2) is 0 Å². The summed E-state index contributed by atoms with van der Waals surface area (Å²) in [4.78, 5) is 21.1. The van der Waals surface area contributed by atoms with Gasteiger partial charge in [0.25, 0.3) is 0 Å². The lowest BCUT2D eigenvalue weighted by atomic mass is 10.3. The van der Waals surface area contributed by atoms with E-state index < -0.39 is 11.8 Å². The third-order valence-corrected chi connectivity index (χ3v) is 1.15. The zero-order chi connectivity index (χ0) is 8.69. The van der Waals surface area contributed by atoms with Crippen LogP contribution in [0.1, 0.15) is 19.8 Å². The van der Waals surface area contributed by atoms with E-state index in [4.69, 9.17) is 5.84 Å². The molecule has 0 rings (SSSR count). The monoisotopic (exact) mass is 159 g/mol. The fourth-order valence-corrected chi connectivity index (χ4v) is 0.525. The minimum atomic E-state index is -0.805. The highest BCUT2D eigenvalue weighted by Crippen LogP contribution is 1.81. The highest BCUT2D eigenvalue weighted by molar-refractivity contribution is 6.34. The van der Waals surface area contributed by atoms with E-state index >= 15 is 0 Å². The van der Waals surface area contributed by atoms with Gasteiger partial charge >= 0.3 is 11.8 Å². The topological polar surface area (TPSA) is 84.2 Å². The number of amides is 2. The summed E-state index contributed by atoms with van der Waals surface area (Å²) in [5.41, 5.74) is 1.74. The number of carbonyl (C=O) groups is 2. The number of carbonyl (C=O) groups excluding carboxylic acids is 2.